The summed E-state index contributed by atoms with van der Waals surface area (Å²) in [4.78, 5) is 22.0. The molecule has 0 amide bonds. The number of carbonyl (C=O) groups excluding carboxylic acids is 1. The van der Waals surface area contributed by atoms with Gasteiger partial charge in [0.25, 0.3) is 0 Å². The van der Waals surface area contributed by atoms with E-state index in [1.54, 1.807) is 6.92 Å². The summed E-state index contributed by atoms with van der Waals surface area (Å²) in [6, 6.07) is 0. The van der Waals surface area contributed by atoms with Crippen molar-refractivity contribution in [3.05, 3.63) is 5.21 Å². The van der Waals surface area contributed by atoms with Gasteiger partial charge in [-0.3, -0.25) is 14.8 Å². The van der Waals surface area contributed by atoms with Crippen LogP contribution in [-0.2, 0) is 9.59 Å². The summed E-state index contributed by atoms with van der Waals surface area (Å²) >= 11 is 0. The van der Waals surface area contributed by atoms with Crippen molar-refractivity contribution >= 4 is 11.8 Å². The van der Waals surface area contributed by atoms with Gasteiger partial charge in [0.05, 0.1) is 6.42 Å². The molecule has 0 radical (unpaired) electrons. The van der Waals surface area contributed by atoms with Crippen LogP contribution in [-0.4, -0.2) is 33.8 Å². The first-order valence-corrected chi connectivity index (χ1v) is 4.80. The van der Waals surface area contributed by atoms with Crippen LogP contribution in [0.25, 0.3) is 0 Å². The largest absolute Gasteiger partial charge is 0.762 e. The van der Waals surface area contributed by atoms with Gasteiger partial charge in [0.2, 0.25) is 0 Å². The van der Waals surface area contributed by atoms with Crippen LogP contribution in [0, 0.1) is 23.0 Å². The zero-order valence-corrected chi connectivity index (χ0v) is 8.42. The predicted octanol–water partition coefficient (Wildman–Crippen LogP) is 0.491. The zero-order chi connectivity index (χ0) is 11.6. The fraction of sp³-hybridized carbons (Fsp3) is 0.778. The third kappa shape index (κ3) is 2.98. The Labute approximate surface area is 87.0 Å². The summed E-state index contributed by atoms with van der Waals surface area (Å²) in [7, 11) is 0. The Kier molecular flexibility index (Phi) is 3.78. The van der Waals surface area contributed by atoms with E-state index in [-0.39, 0.29) is 42.2 Å². The van der Waals surface area contributed by atoms with Gasteiger partial charge in [-0.25, -0.2) is 0 Å². The maximum Gasteiger partial charge on any atom is 0.304 e. The maximum absolute atomic E-state index is 11.4. The van der Waals surface area contributed by atoms with E-state index in [1.807, 2.05) is 0 Å². The molecule has 0 aromatic carbocycles. The lowest BCUT2D eigenvalue weighted by atomic mass is 9.88. The van der Waals surface area contributed by atoms with Crippen molar-refractivity contribution in [2.24, 2.45) is 17.8 Å². The fourth-order valence-corrected chi connectivity index (χ4v) is 2.20. The lowest BCUT2D eigenvalue weighted by molar-refractivity contribution is -0.141. The number of nitrogens with zero attached hydrogens (tertiary/aromatic N) is 1. The SMILES string of the molecule is C[C@@H]1CC(=O)[C@H](CC(=O)O)[C@H]1CN([O-])O. The summed E-state index contributed by atoms with van der Waals surface area (Å²) in [5.41, 5.74) is 0. The molecule has 1 saturated carbocycles. The molecule has 6 heteroatoms. The van der Waals surface area contributed by atoms with Crippen molar-refractivity contribution < 1.29 is 19.9 Å². The molecule has 3 atom stereocenters. The zero-order valence-electron chi connectivity index (χ0n) is 8.42. The minimum absolute atomic E-state index is 0.0505. The lowest BCUT2D eigenvalue weighted by Crippen LogP contribution is -2.29. The van der Waals surface area contributed by atoms with Gasteiger partial charge in [-0.05, 0) is 11.8 Å². The molecule has 0 unspecified atom stereocenters. The van der Waals surface area contributed by atoms with Crippen molar-refractivity contribution in [2.45, 2.75) is 19.8 Å². The Hall–Kier alpha value is -0.980. The van der Waals surface area contributed by atoms with Crippen molar-refractivity contribution in [3.63, 3.8) is 0 Å². The first kappa shape index (κ1) is 12.1. The lowest BCUT2D eigenvalue weighted by Gasteiger charge is -2.28. The monoisotopic (exact) mass is 216 g/mol. The first-order chi connectivity index (χ1) is 6.91. The molecule has 6 nitrogen and oxygen atoms in total. The number of hydrogen-bond donors (Lipinski definition) is 2. The summed E-state index contributed by atoms with van der Waals surface area (Å²) in [5.74, 6) is -2.23. The van der Waals surface area contributed by atoms with E-state index < -0.39 is 11.9 Å². The van der Waals surface area contributed by atoms with Gasteiger partial charge in [0.1, 0.15) is 5.78 Å². The third-order valence-corrected chi connectivity index (χ3v) is 2.95. The number of carboxylic acid groups (broad SMARTS) is 1. The number of hydrogen-bond acceptors (Lipinski definition) is 5. The van der Waals surface area contributed by atoms with Crippen molar-refractivity contribution in [2.75, 3.05) is 6.54 Å². The smallest absolute Gasteiger partial charge is 0.304 e. The number of aliphatic carboxylic acids is 1. The molecule has 0 aromatic heterocycles. The van der Waals surface area contributed by atoms with Gasteiger partial charge in [-0.1, -0.05) is 6.92 Å². The number of hydroxylamine groups is 2. The Balaban J connectivity index is 2.70. The highest BCUT2D eigenvalue weighted by molar-refractivity contribution is 5.87. The third-order valence-electron chi connectivity index (χ3n) is 2.95. The molecule has 0 heterocycles. The van der Waals surface area contributed by atoms with Crippen LogP contribution >= 0.6 is 0 Å². The molecule has 1 aliphatic carbocycles. The van der Waals surface area contributed by atoms with Gasteiger partial charge in [-0.2, -0.15) is 0 Å². The number of carbonyl (C=O) groups is 2. The molecule has 1 rings (SSSR count). The van der Waals surface area contributed by atoms with Crippen LogP contribution in [0.4, 0.5) is 0 Å². The number of ketones is 1. The van der Waals surface area contributed by atoms with Crippen molar-refractivity contribution in [1.29, 1.82) is 0 Å². The van der Waals surface area contributed by atoms with Gasteiger partial charge in [0.15, 0.2) is 0 Å². The van der Waals surface area contributed by atoms with Crippen LogP contribution in [0.2, 0.25) is 0 Å². The molecule has 0 aliphatic heterocycles. The topological polar surface area (TPSA) is 101 Å². The van der Waals surface area contributed by atoms with Gasteiger partial charge in [-0.15, -0.1) is 0 Å². The molecule has 0 spiro atoms. The molecule has 15 heavy (non-hydrogen) atoms. The molecule has 1 aliphatic rings. The average molecular weight is 216 g/mol. The highest BCUT2D eigenvalue weighted by Gasteiger charge is 2.40. The highest BCUT2D eigenvalue weighted by atomic mass is 16.8. The standard InChI is InChI=1S/C9H14NO5/c1-5-2-8(11)6(3-9(12)13)7(5)4-10(14)15/h5-7,14H,2-4H2,1H3,(H,12,13)/q-1/t5-,6-,7+/m1/s1. The molecule has 2 N–H and O–H groups in total. The normalized spacial score (nSPS) is 31.2. The second-order valence-corrected chi connectivity index (χ2v) is 4.05. The predicted molar refractivity (Wildman–Crippen MR) is 49.9 cm³/mol. The maximum atomic E-state index is 11.4. The van der Waals surface area contributed by atoms with E-state index >= 15 is 0 Å². The Bertz CT molecular complexity index is 265. The molecular formula is C9H14NO5-. The number of carboxylic acids is 1. The molecule has 86 valence electrons. The molecular weight excluding hydrogens is 202 g/mol. The van der Waals surface area contributed by atoms with Crippen molar-refractivity contribution in [1.82, 2.24) is 5.23 Å². The van der Waals surface area contributed by atoms with Crippen LogP contribution in [0.15, 0.2) is 0 Å². The average Bonchev–Trinajstić information content (AvgIpc) is 2.30. The van der Waals surface area contributed by atoms with E-state index in [0.29, 0.717) is 0 Å². The van der Waals surface area contributed by atoms with E-state index in [4.69, 9.17) is 10.3 Å². The van der Waals surface area contributed by atoms with E-state index in [0.717, 1.165) is 0 Å². The van der Waals surface area contributed by atoms with Crippen LogP contribution in [0.3, 0.4) is 0 Å². The minimum atomic E-state index is -1.05. The summed E-state index contributed by atoms with van der Waals surface area (Å²) < 4.78 is 0. The summed E-state index contributed by atoms with van der Waals surface area (Å²) in [5, 5.41) is 27.5. The second kappa shape index (κ2) is 4.69. The van der Waals surface area contributed by atoms with E-state index in [9.17, 15) is 14.8 Å². The highest BCUT2D eigenvalue weighted by Crippen LogP contribution is 2.36. The van der Waals surface area contributed by atoms with Crippen LogP contribution in [0.5, 0.6) is 0 Å². The summed E-state index contributed by atoms with van der Waals surface area (Å²) in [6.45, 7) is 1.58. The fourth-order valence-electron chi connectivity index (χ4n) is 2.20. The second-order valence-electron chi connectivity index (χ2n) is 4.05. The Morgan fingerprint density at radius 2 is 2.27 bits per heavy atom. The molecule has 0 bridgehead atoms. The van der Waals surface area contributed by atoms with Crippen LogP contribution in [0.1, 0.15) is 19.8 Å². The quantitative estimate of drug-likeness (QED) is 0.663. The van der Waals surface area contributed by atoms with E-state index in [1.165, 1.54) is 0 Å². The van der Waals surface area contributed by atoms with Gasteiger partial charge < -0.3 is 15.5 Å². The van der Waals surface area contributed by atoms with Crippen molar-refractivity contribution in [3.8, 4) is 0 Å². The van der Waals surface area contributed by atoms with Gasteiger partial charge >= 0.3 is 5.97 Å². The molecule has 0 aromatic rings. The summed E-state index contributed by atoms with van der Waals surface area (Å²) in [6.07, 6.45) is 0.0259. The Morgan fingerprint density at radius 1 is 1.67 bits per heavy atom. The molecule has 0 saturated heterocycles. The first-order valence-electron chi connectivity index (χ1n) is 4.80. The van der Waals surface area contributed by atoms with E-state index in [2.05, 4.69) is 0 Å². The van der Waals surface area contributed by atoms with Gasteiger partial charge in [0, 0.05) is 18.9 Å². The Morgan fingerprint density at radius 3 is 2.73 bits per heavy atom. The number of rotatable bonds is 4. The number of Topliss-reactive ketones (excluding diaryl/α,β-unsaturated/α-hetero) is 1. The van der Waals surface area contributed by atoms with Crippen LogP contribution < -0.4 is 0 Å². The minimum Gasteiger partial charge on any atom is -0.762 e. The molecule has 1 fully saturated rings.